The summed E-state index contributed by atoms with van der Waals surface area (Å²) in [5, 5.41) is 6.29. The van der Waals surface area contributed by atoms with Gasteiger partial charge in [-0.3, -0.25) is 9.59 Å². The maximum Gasteiger partial charge on any atom is 0.237 e. The van der Waals surface area contributed by atoms with Crippen molar-refractivity contribution >= 4 is 17.5 Å². The Hall–Kier alpha value is -2.41. The van der Waals surface area contributed by atoms with Crippen LogP contribution < -0.4 is 10.6 Å². The smallest absolute Gasteiger partial charge is 0.237 e. The molecule has 2 aromatic rings. The average molecular weight is 369 g/mol. The molecule has 7 heteroatoms. The van der Waals surface area contributed by atoms with E-state index in [0.29, 0.717) is 25.4 Å². The number of hydrogen-bond acceptors (Lipinski definition) is 4. The van der Waals surface area contributed by atoms with Crippen LogP contribution in [0.2, 0.25) is 0 Å². The van der Waals surface area contributed by atoms with Crippen molar-refractivity contribution in [2.45, 2.75) is 38.1 Å². The van der Waals surface area contributed by atoms with Gasteiger partial charge in [0.25, 0.3) is 0 Å². The number of carbonyl (C=O) groups excluding carboxylic acids is 2. The number of hydrogen-bond donors (Lipinski definition) is 2. The molecule has 7 nitrogen and oxygen atoms in total. The number of rotatable bonds is 5. The average Bonchev–Trinajstić information content (AvgIpc) is 3.35. The van der Waals surface area contributed by atoms with Crippen molar-refractivity contribution in [3.63, 3.8) is 0 Å². The number of nitrogens with one attached hydrogen (secondary N) is 2. The summed E-state index contributed by atoms with van der Waals surface area (Å²) in [4.78, 5) is 31.3. The van der Waals surface area contributed by atoms with Crippen LogP contribution in [0.4, 0.5) is 0 Å². The Kier molecular flexibility index (Phi) is 5.38. The highest BCUT2D eigenvalue weighted by atomic mass is 16.2. The molecule has 27 heavy (non-hydrogen) atoms. The molecule has 2 aliphatic rings. The van der Waals surface area contributed by atoms with Crippen molar-refractivity contribution in [3.05, 3.63) is 36.3 Å². The molecular weight excluding hydrogens is 342 g/mol. The van der Waals surface area contributed by atoms with Crippen LogP contribution in [-0.4, -0.2) is 58.3 Å². The first-order chi connectivity index (χ1) is 13.2. The molecule has 0 bridgehead atoms. The monoisotopic (exact) mass is 369 g/mol. The Balaban J connectivity index is 1.29. The first-order valence-corrected chi connectivity index (χ1v) is 9.90. The maximum atomic E-state index is 12.7. The number of pyridine rings is 1. The highest BCUT2D eigenvalue weighted by Crippen LogP contribution is 2.17. The summed E-state index contributed by atoms with van der Waals surface area (Å²) in [5.41, 5.74) is 1.66. The minimum atomic E-state index is -0.0404. The minimum Gasteiger partial charge on any atom is -0.354 e. The fourth-order valence-corrected chi connectivity index (χ4v) is 4.07. The summed E-state index contributed by atoms with van der Waals surface area (Å²) in [6, 6.07) is 5.79. The molecule has 2 amide bonds. The van der Waals surface area contributed by atoms with E-state index in [1.807, 2.05) is 39.9 Å². The third-order valence-electron chi connectivity index (χ3n) is 5.56. The predicted octanol–water partition coefficient (Wildman–Crippen LogP) is 0.984. The van der Waals surface area contributed by atoms with Gasteiger partial charge in [0.05, 0.1) is 18.2 Å². The van der Waals surface area contributed by atoms with Gasteiger partial charge in [0.15, 0.2) is 0 Å². The second-order valence-corrected chi connectivity index (χ2v) is 7.62. The molecule has 0 spiro atoms. The summed E-state index contributed by atoms with van der Waals surface area (Å²) in [7, 11) is 0. The largest absolute Gasteiger partial charge is 0.354 e. The zero-order valence-electron chi connectivity index (χ0n) is 15.6. The van der Waals surface area contributed by atoms with Crippen molar-refractivity contribution < 1.29 is 9.59 Å². The number of piperidine rings is 1. The molecule has 0 radical (unpaired) electrons. The number of aromatic nitrogens is 2. The SMILES string of the molecule is O=C(NCC1CCCN(C(=O)Cc2cn3ccccc3n2)C1)C1CCCN1. The number of fused-ring (bicyclic) bond motifs is 1. The molecule has 4 rings (SSSR count). The zero-order valence-corrected chi connectivity index (χ0v) is 15.6. The van der Waals surface area contributed by atoms with Crippen LogP contribution in [-0.2, 0) is 16.0 Å². The van der Waals surface area contributed by atoms with E-state index in [9.17, 15) is 9.59 Å². The van der Waals surface area contributed by atoms with Gasteiger partial charge < -0.3 is 19.9 Å². The molecule has 144 valence electrons. The van der Waals surface area contributed by atoms with Crippen LogP contribution in [0.25, 0.3) is 5.65 Å². The molecule has 4 heterocycles. The van der Waals surface area contributed by atoms with E-state index in [0.717, 1.165) is 50.1 Å². The van der Waals surface area contributed by atoms with E-state index in [4.69, 9.17) is 0 Å². The first kappa shape index (κ1) is 18.0. The second-order valence-electron chi connectivity index (χ2n) is 7.62. The fraction of sp³-hybridized carbons (Fsp3) is 0.550. The molecule has 0 aromatic carbocycles. The summed E-state index contributed by atoms with van der Waals surface area (Å²) in [6.45, 7) is 3.08. The van der Waals surface area contributed by atoms with Gasteiger partial charge >= 0.3 is 0 Å². The van der Waals surface area contributed by atoms with E-state index in [2.05, 4.69) is 15.6 Å². The number of carbonyl (C=O) groups is 2. The highest BCUT2D eigenvalue weighted by molar-refractivity contribution is 5.82. The molecule has 2 unspecified atom stereocenters. The molecule has 2 aliphatic heterocycles. The first-order valence-electron chi connectivity index (χ1n) is 9.90. The van der Waals surface area contributed by atoms with Crippen LogP contribution in [0, 0.1) is 5.92 Å². The quantitative estimate of drug-likeness (QED) is 0.824. The third kappa shape index (κ3) is 4.30. The third-order valence-corrected chi connectivity index (χ3v) is 5.56. The van der Waals surface area contributed by atoms with Gasteiger partial charge in [-0.2, -0.15) is 0 Å². The second kappa shape index (κ2) is 8.08. The minimum absolute atomic E-state index is 0.0404. The topological polar surface area (TPSA) is 78.7 Å². The highest BCUT2D eigenvalue weighted by Gasteiger charge is 2.26. The van der Waals surface area contributed by atoms with E-state index < -0.39 is 0 Å². The Labute approximate surface area is 159 Å². The summed E-state index contributed by atoms with van der Waals surface area (Å²) in [6.07, 6.45) is 8.20. The van der Waals surface area contributed by atoms with Crippen LogP contribution in [0.3, 0.4) is 0 Å². The molecule has 0 aliphatic carbocycles. The fourth-order valence-electron chi connectivity index (χ4n) is 4.07. The van der Waals surface area contributed by atoms with E-state index in [-0.39, 0.29) is 17.9 Å². The van der Waals surface area contributed by atoms with Crippen molar-refractivity contribution in [3.8, 4) is 0 Å². The van der Waals surface area contributed by atoms with Gasteiger partial charge in [0.1, 0.15) is 5.65 Å². The Bertz CT molecular complexity index is 779. The summed E-state index contributed by atoms with van der Waals surface area (Å²) >= 11 is 0. The Morgan fingerprint density at radius 1 is 1.26 bits per heavy atom. The van der Waals surface area contributed by atoms with Crippen molar-refractivity contribution in [2.75, 3.05) is 26.2 Å². The van der Waals surface area contributed by atoms with Crippen molar-refractivity contribution in [1.29, 1.82) is 0 Å². The van der Waals surface area contributed by atoms with Crippen LogP contribution in [0.5, 0.6) is 0 Å². The van der Waals surface area contributed by atoms with Gasteiger partial charge in [0, 0.05) is 32.0 Å². The van der Waals surface area contributed by atoms with Crippen molar-refractivity contribution in [2.24, 2.45) is 5.92 Å². The number of likely N-dealkylation sites (tertiary alicyclic amines) is 1. The lowest BCUT2D eigenvalue weighted by Crippen LogP contribution is -2.47. The van der Waals surface area contributed by atoms with E-state index >= 15 is 0 Å². The van der Waals surface area contributed by atoms with Gasteiger partial charge in [-0.05, 0) is 50.3 Å². The van der Waals surface area contributed by atoms with E-state index in [1.165, 1.54) is 0 Å². The lowest BCUT2D eigenvalue weighted by molar-refractivity contribution is -0.132. The number of nitrogens with zero attached hydrogens (tertiary/aromatic N) is 3. The summed E-state index contributed by atoms with van der Waals surface area (Å²) in [5.74, 6) is 0.543. The Morgan fingerprint density at radius 3 is 3.00 bits per heavy atom. The maximum absolute atomic E-state index is 12.7. The Morgan fingerprint density at radius 2 is 2.19 bits per heavy atom. The van der Waals surface area contributed by atoms with Crippen LogP contribution in [0.1, 0.15) is 31.4 Å². The number of imidazole rings is 1. The lowest BCUT2D eigenvalue weighted by Gasteiger charge is -2.33. The lowest BCUT2D eigenvalue weighted by atomic mass is 9.97. The molecule has 2 atom stereocenters. The molecule has 2 aromatic heterocycles. The van der Waals surface area contributed by atoms with Crippen molar-refractivity contribution in [1.82, 2.24) is 24.9 Å². The van der Waals surface area contributed by atoms with Gasteiger partial charge in [0.2, 0.25) is 11.8 Å². The molecule has 2 fully saturated rings. The number of amides is 2. The zero-order chi connectivity index (χ0) is 18.6. The van der Waals surface area contributed by atoms with E-state index in [1.54, 1.807) is 0 Å². The molecule has 0 saturated carbocycles. The standard InChI is InChI=1S/C20H27N5O2/c26-19(11-16-14-24-9-2-1-7-18(24)23-16)25-10-4-5-15(13-25)12-22-20(27)17-6-3-8-21-17/h1-2,7,9,14-15,17,21H,3-6,8,10-13H2,(H,22,27). The normalized spacial score (nSPS) is 22.9. The van der Waals surface area contributed by atoms with Gasteiger partial charge in [-0.25, -0.2) is 4.98 Å². The van der Waals surface area contributed by atoms with Gasteiger partial charge in [-0.1, -0.05) is 6.07 Å². The summed E-state index contributed by atoms with van der Waals surface area (Å²) < 4.78 is 1.94. The predicted molar refractivity (Wildman–Crippen MR) is 102 cm³/mol. The molecular formula is C20H27N5O2. The van der Waals surface area contributed by atoms with Crippen LogP contribution >= 0.6 is 0 Å². The van der Waals surface area contributed by atoms with Crippen LogP contribution in [0.15, 0.2) is 30.6 Å². The van der Waals surface area contributed by atoms with Gasteiger partial charge in [-0.15, -0.1) is 0 Å². The molecule has 2 N–H and O–H groups in total. The molecule has 2 saturated heterocycles.